The van der Waals surface area contributed by atoms with Crippen LogP contribution in [0.1, 0.15) is 24.6 Å². The predicted molar refractivity (Wildman–Crippen MR) is 129 cm³/mol. The van der Waals surface area contributed by atoms with Crippen LogP contribution in [0.2, 0.25) is 0 Å². The number of pyridine rings is 1. The number of benzene rings is 1. The Bertz CT molecular complexity index is 1330. The molecule has 0 bridgehead atoms. The fraction of sp³-hybridized carbons (Fsp3) is 0.208. The van der Waals surface area contributed by atoms with Crippen LogP contribution in [-0.2, 0) is 16.0 Å². The topological polar surface area (TPSA) is 137 Å². The Morgan fingerprint density at radius 1 is 1.12 bits per heavy atom. The Labute approximate surface area is 196 Å². The van der Waals surface area contributed by atoms with Crippen molar-refractivity contribution in [2.24, 2.45) is 0 Å². The molecule has 10 heteroatoms. The molecule has 0 fully saturated rings. The van der Waals surface area contributed by atoms with E-state index in [4.69, 9.17) is 10.5 Å². The minimum absolute atomic E-state index is 0.234. The molecule has 0 unspecified atom stereocenters. The number of carbonyl (C=O) groups is 2. The summed E-state index contributed by atoms with van der Waals surface area (Å²) in [5, 5.41) is 9.76. The Morgan fingerprint density at radius 2 is 1.91 bits per heavy atom. The van der Waals surface area contributed by atoms with Crippen LogP contribution in [-0.4, -0.2) is 38.2 Å². The van der Waals surface area contributed by atoms with E-state index >= 15 is 0 Å². The summed E-state index contributed by atoms with van der Waals surface area (Å²) in [6.45, 7) is 3.97. The van der Waals surface area contributed by atoms with E-state index in [2.05, 4.69) is 25.7 Å². The van der Waals surface area contributed by atoms with Gasteiger partial charge in [-0.2, -0.15) is 5.10 Å². The fourth-order valence-corrected chi connectivity index (χ4v) is 3.68. The minimum atomic E-state index is -0.395. The highest BCUT2D eigenvalue weighted by Crippen LogP contribution is 2.33. The lowest BCUT2D eigenvalue weighted by Crippen LogP contribution is -2.20. The molecule has 3 heterocycles. The molecule has 0 radical (unpaired) electrons. The predicted octanol–water partition coefficient (Wildman–Crippen LogP) is 3.82. The average Bonchev–Trinajstić information content (AvgIpc) is 3.18. The highest BCUT2D eigenvalue weighted by Gasteiger charge is 2.18. The maximum atomic E-state index is 12.3. The molecule has 0 saturated heterocycles. The molecule has 0 aliphatic rings. The van der Waals surface area contributed by atoms with Gasteiger partial charge in [0.1, 0.15) is 17.7 Å². The van der Waals surface area contributed by atoms with Crippen molar-refractivity contribution >= 4 is 34.8 Å². The first-order valence-electron chi connectivity index (χ1n) is 10.8. The lowest BCUT2D eigenvalue weighted by atomic mass is 9.99. The van der Waals surface area contributed by atoms with Crippen LogP contribution in [0.4, 0.5) is 22.1 Å². The summed E-state index contributed by atoms with van der Waals surface area (Å²) < 4.78 is 6.72. The molecule has 4 rings (SSSR count). The minimum Gasteiger partial charge on any atom is -0.466 e. The van der Waals surface area contributed by atoms with Gasteiger partial charge in [0.2, 0.25) is 0 Å². The molecule has 0 aliphatic carbocycles. The van der Waals surface area contributed by atoms with Crippen molar-refractivity contribution in [1.29, 1.82) is 0 Å². The van der Waals surface area contributed by atoms with Crippen LogP contribution >= 0.6 is 0 Å². The van der Waals surface area contributed by atoms with Crippen molar-refractivity contribution in [2.75, 3.05) is 23.0 Å². The summed E-state index contributed by atoms with van der Waals surface area (Å²) in [7, 11) is 0. The molecular weight excluding hydrogens is 434 g/mol. The Kier molecular flexibility index (Phi) is 6.67. The third kappa shape index (κ3) is 5.12. The molecule has 0 aliphatic heterocycles. The summed E-state index contributed by atoms with van der Waals surface area (Å²) >= 11 is 0. The van der Waals surface area contributed by atoms with Gasteiger partial charge in [-0.05, 0) is 55.7 Å². The van der Waals surface area contributed by atoms with Gasteiger partial charge < -0.3 is 15.8 Å². The first-order chi connectivity index (χ1) is 16.4. The first-order valence-corrected chi connectivity index (χ1v) is 10.8. The number of aryl methyl sites for hydroxylation is 2. The number of nitrogens with one attached hydrogen (secondary N) is 2. The SMILES string of the molecule is CCOC(=O)CCc1cn2ncnc(N)c2c1-c1ccc(NC(=O)Nc2cccc(C)n2)cc1. The van der Waals surface area contributed by atoms with Crippen LogP contribution < -0.4 is 16.4 Å². The maximum Gasteiger partial charge on any atom is 0.324 e. The Hall–Kier alpha value is -4.47. The van der Waals surface area contributed by atoms with Crippen LogP contribution in [0, 0.1) is 6.92 Å². The lowest BCUT2D eigenvalue weighted by molar-refractivity contribution is -0.143. The van der Waals surface area contributed by atoms with Gasteiger partial charge in [-0.3, -0.25) is 10.1 Å². The molecule has 4 aromatic rings. The second kappa shape index (κ2) is 9.99. The second-order valence-electron chi connectivity index (χ2n) is 7.59. The zero-order valence-corrected chi connectivity index (χ0v) is 18.9. The van der Waals surface area contributed by atoms with Gasteiger partial charge in [-0.1, -0.05) is 18.2 Å². The number of nitrogens with two attached hydrogens (primary N) is 1. The highest BCUT2D eigenvalue weighted by molar-refractivity contribution is 5.99. The van der Waals surface area contributed by atoms with E-state index in [0.717, 1.165) is 22.4 Å². The number of carbonyl (C=O) groups excluding carboxylic acids is 2. The van der Waals surface area contributed by atoms with E-state index in [1.807, 2.05) is 37.4 Å². The lowest BCUT2D eigenvalue weighted by Gasteiger charge is -2.10. The summed E-state index contributed by atoms with van der Waals surface area (Å²) in [4.78, 5) is 32.6. The molecule has 174 valence electrons. The zero-order valence-electron chi connectivity index (χ0n) is 18.9. The monoisotopic (exact) mass is 459 g/mol. The second-order valence-corrected chi connectivity index (χ2v) is 7.59. The molecule has 0 spiro atoms. The third-order valence-electron chi connectivity index (χ3n) is 5.15. The molecule has 4 N–H and O–H groups in total. The number of esters is 1. The summed E-state index contributed by atoms with van der Waals surface area (Å²) in [5.74, 6) is 0.534. The number of amides is 2. The van der Waals surface area contributed by atoms with Crippen molar-refractivity contribution in [3.63, 3.8) is 0 Å². The van der Waals surface area contributed by atoms with E-state index in [9.17, 15) is 9.59 Å². The van der Waals surface area contributed by atoms with E-state index in [-0.39, 0.29) is 12.4 Å². The van der Waals surface area contributed by atoms with E-state index in [1.54, 1.807) is 29.6 Å². The Balaban J connectivity index is 1.57. The van der Waals surface area contributed by atoms with Crippen molar-refractivity contribution < 1.29 is 14.3 Å². The highest BCUT2D eigenvalue weighted by atomic mass is 16.5. The van der Waals surface area contributed by atoms with Crippen LogP contribution in [0.5, 0.6) is 0 Å². The smallest absolute Gasteiger partial charge is 0.324 e. The number of hydrogen-bond acceptors (Lipinski definition) is 7. The molecular formula is C24H25N7O3. The van der Waals surface area contributed by atoms with Crippen molar-refractivity contribution in [3.8, 4) is 11.1 Å². The van der Waals surface area contributed by atoms with Gasteiger partial charge in [0.25, 0.3) is 0 Å². The largest absolute Gasteiger partial charge is 0.466 e. The molecule has 3 aromatic heterocycles. The number of rotatable bonds is 7. The number of fused-ring (bicyclic) bond motifs is 1. The molecule has 0 saturated carbocycles. The van der Waals surface area contributed by atoms with Crippen molar-refractivity contribution in [1.82, 2.24) is 19.6 Å². The third-order valence-corrected chi connectivity index (χ3v) is 5.15. The summed E-state index contributed by atoms with van der Waals surface area (Å²) in [5.41, 5.74) is 10.8. The number of aromatic nitrogens is 4. The van der Waals surface area contributed by atoms with Crippen LogP contribution in [0.25, 0.3) is 16.6 Å². The zero-order chi connectivity index (χ0) is 24.1. The number of nitrogens with zero attached hydrogens (tertiary/aromatic N) is 4. The van der Waals surface area contributed by atoms with Crippen molar-refractivity contribution in [3.05, 3.63) is 66.2 Å². The van der Waals surface area contributed by atoms with Gasteiger partial charge in [0, 0.05) is 29.6 Å². The summed E-state index contributed by atoms with van der Waals surface area (Å²) in [6.07, 6.45) is 3.92. The van der Waals surface area contributed by atoms with Crippen LogP contribution in [0.3, 0.4) is 0 Å². The van der Waals surface area contributed by atoms with Gasteiger partial charge >= 0.3 is 12.0 Å². The number of anilines is 3. The van der Waals surface area contributed by atoms with E-state index < -0.39 is 6.03 Å². The fourth-order valence-electron chi connectivity index (χ4n) is 3.68. The number of ether oxygens (including phenoxy) is 1. The molecule has 1 aromatic carbocycles. The average molecular weight is 460 g/mol. The maximum absolute atomic E-state index is 12.3. The number of nitrogen functional groups attached to an aromatic ring is 1. The van der Waals surface area contributed by atoms with Gasteiger partial charge in [0.05, 0.1) is 6.61 Å². The van der Waals surface area contributed by atoms with E-state index in [0.29, 0.717) is 35.9 Å². The first kappa shape index (κ1) is 22.7. The number of urea groups is 1. The van der Waals surface area contributed by atoms with Crippen LogP contribution in [0.15, 0.2) is 55.0 Å². The Morgan fingerprint density at radius 3 is 2.65 bits per heavy atom. The molecule has 0 atom stereocenters. The van der Waals surface area contributed by atoms with E-state index in [1.165, 1.54) is 6.33 Å². The quantitative estimate of drug-likeness (QED) is 0.357. The molecule has 10 nitrogen and oxygen atoms in total. The number of hydrogen-bond donors (Lipinski definition) is 3. The van der Waals surface area contributed by atoms with Gasteiger partial charge in [0.15, 0.2) is 5.82 Å². The summed E-state index contributed by atoms with van der Waals surface area (Å²) in [6, 6.07) is 12.3. The normalized spacial score (nSPS) is 10.8. The molecule has 2 amide bonds. The molecule has 34 heavy (non-hydrogen) atoms. The van der Waals surface area contributed by atoms with Gasteiger partial charge in [-0.25, -0.2) is 19.3 Å². The van der Waals surface area contributed by atoms with Crippen molar-refractivity contribution in [2.45, 2.75) is 26.7 Å². The van der Waals surface area contributed by atoms with Gasteiger partial charge in [-0.15, -0.1) is 0 Å². The standard InChI is InChI=1S/C24H25N7O3/c1-3-34-20(32)12-9-17-13-31-22(23(25)26-14-27-31)21(17)16-7-10-18(11-8-16)29-24(33)30-19-6-4-5-15(2)28-19/h4-8,10-11,13-14H,3,9,12H2,1-2H3,(H2,25,26,27)(H2,28,29,30,33).